The van der Waals surface area contributed by atoms with E-state index in [4.69, 9.17) is 0 Å². The van der Waals surface area contributed by atoms with Gasteiger partial charge in [0.15, 0.2) is 5.69 Å². The molecule has 1 aromatic heterocycles. The number of hydrogen-bond donors (Lipinski definition) is 1. The highest BCUT2D eigenvalue weighted by Crippen LogP contribution is 2.31. The summed E-state index contributed by atoms with van der Waals surface area (Å²) < 4.78 is 42.6. The van der Waals surface area contributed by atoms with E-state index >= 15 is 0 Å². The van der Waals surface area contributed by atoms with E-state index in [2.05, 4.69) is 15.0 Å². The average Bonchev–Trinajstić information content (AvgIpc) is 3.08. The van der Waals surface area contributed by atoms with E-state index in [1.807, 2.05) is 0 Å². The van der Waals surface area contributed by atoms with Gasteiger partial charge in [-0.2, -0.15) is 13.2 Å². The fourth-order valence-corrected chi connectivity index (χ4v) is 2.54. The first-order valence-electron chi connectivity index (χ1n) is 7.04. The Kier molecular flexibility index (Phi) is 4.00. The summed E-state index contributed by atoms with van der Waals surface area (Å²) in [4.78, 5) is 25.9. The van der Waals surface area contributed by atoms with Gasteiger partial charge in [-0.3, -0.25) is 9.59 Å². The molecule has 1 aliphatic rings. The van der Waals surface area contributed by atoms with E-state index in [0.717, 1.165) is 12.1 Å². The van der Waals surface area contributed by atoms with Crippen molar-refractivity contribution in [2.75, 3.05) is 13.1 Å². The van der Waals surface area contributed by atoms with Crippen LogP contribution in [0.3, 0.4) is 0 Å². The minimum atomic E-state index is -4.47. The molecule has 3 rings (SSSR count). The quantitative estimate of drug-likeness (QED) is 0.908. The Hall–Kier alpha value is -2.84. The lowest BCUT2D eigenvalue weighted by Crippen LogP contribution is -2.52. The van der Waals surface area contributed by atoms with E-state index in [0.29, 0.717) is 0 Å². The molecule has 0 bridgehead atoms. The van der Waals surface area contributed by atoms with Gasteiger partial charge in [-0.25, -0.2) is 0 Å². The second-order valence-electron chi connectivity index (χ2n) is 5.20. The van der Waals surface area contributed by atoms with Gasteiger partial charge >= 0.3 is 6.18 Å². The fraction of sp³-hybridized carbons (Fsp3) is 0.267. The van der Waals surface area contributed by atoms with Gasteiger partial charge in [-0.05, 0) is 17.7 Å². The summed E-state index contributed by atoms with van der Waals surface area (Å²) in [6.45, 7) is 0.461. The normalized spacial score (nSPS) is 18.4. The highest BCUT2D eigenvalue weighted by atomic mass is 19.4. The zero-order chi connectivity index (χ0) is 17.3. The zero-order valence-electron chi connectivity index (χ0n) is 12.2. The Labute approximate surface area is 134 Å². The van der Waals surface area contributed by atoms with Crippen LogP contribution in [-0.4, -0.2) is 35.0 Å². The fourth-order valence-electron chi connectivity index (χ4n) is 2.54. The molecule has 2 amide bonds. The predicted octanol–water partition coefficient (Wildman–Crippen LogP) is 2.01. The summed E-state index contributed by atoms with van der Waals surface area (Å²) in [7, 11) is 0. The zero-order valence-corrected chi connectivity index (χ0v) is 12.2. The first-order valence-corrected chi connectivity index (χ1v) is 7.04. The lowest BCUT2D eigenvalue weighted by Gasteiger charge is -2.34. The van der Waals surface area contributed by atoms with Gasteiger partial charge in [-0.1, -0.05) is 17.3 Å². The first kappa shape index (κ1) is 16.0. The first-order chi connectivity index (χ1) is 11.4. The summed E-state index contributed by atoms with van der Waals surface area (Å²) in [5, 5.41) is 6.15. The molecule has 1 aromatic carbocycles. The maximum atomic E-state index is 12.7. The van der Waals surface area contributed by atoms with Crippen molar-refractivity contribution in [1.29, 1.82) is 0 Å². The van der Waals surface area contributed by atoms with Crippen molar-refractivity contribution < 1.29 is 27.3 Å². The Morgan fingerprint density at radius 3 is 2.54 bits per heavy atom. The van der Waals surface area contributed by atoms with E-state index < -0.39 is 29.6 Å². The largest absolute Gasteiger partial charge is 0.416 e. The number of carbonyl (C=O) groups is 2. The Balaban J connectivity index is 1.92. The van der Waals surface area contributed by atoms with Crippen LogP contribution in [0.4, 0.5) is 13.2 Å². The van der Waals surface area contributed by atoms with Crippen molar-refractivity contribution in [3.63, 3.8) is 0 Å². The van der Waals surface area contributed by atoms with E-state index in [1.165, 1.54) is 29.4 Å². The van der Waals surface area contributed by atoms with Crippen LogP contribution in [0, 0.1) is 0 Å². The van der Waals surface area contributed by atoms with Crippen LogP contribution in [0.2, 0.25) is 0 Å². The lowest BCUT2D eigenvalue weighted by molar-refractivity contribution is -0.137. The van der Waals surface area contributed by atoms with E-state index in [1.54, 1.807) is 0 Å². The molecule has 1 saturated heterocycles. The van der Waals surface area contributed by atoms with Crippen LogP contribution in [0.1, 0.15) is 27.7 Å². The molecule has 0 spiro atoms. The van der Waals surface area contributed by atoms with E-state index in [-0.39, 0.29) is 24.3 Å². The molecule has 2 aromatic rings. The van der Waals surface area contributed by atoms with Gasteiger partial charge < -0.3 is 14.7 Å². The van der Waals surface area contributed by atoms with Crippen LogP contribution in [0.25, 0.3) is 0 Å². The van der Waals surface area contributed by atoms with Gasteiger partial charge in [0.25, 0.3) is 5.91 Å². The standard InChI is InChI=1S/C15H12F3N3O3/c16-15(17,18)10-3-1-9(2-4-10)12-13(22)19-6-7-21(12)14(23)11-5-8-24-20-11/h1-5,8,12H,6-7H2,(H,19,22)/t12-/m1/s1. The maximum absolute atomic E-state index is 12.7. The lowest BCUT2D eigenvalue weighted by atomic mass is 10.0. The highest BCUT2D eigenvalue weighted by molar-refractivity contribution is 5.97. The number of carbonyl (C=O) groups excluding carboxylic acids is 2. The summed E-state index contributed by atoms with van der Waals surface area (Å²) in [5.41, 5.74) is -0.504. The molecule has 1 fully saturated rings. The third kappa shape index (κ3) is 2.97. The van der Waals surface area contributed by atoms with Gasteiger partial charge in [0.05, 0.1) is 5.56 Å². The van der Waals surface area contributed by atoms with Crippen molar-refractivity contribution in [1.82, 2.24) is 15.4 Å². The van der Waals surface area contributed by atoms with Gasteiger partial charge in [0, 0.05) is 19.2 Å². The molecule has 6 nitrogen and oxygen atoms in total. The van der Waals surface area contributed by atoms with E-state index in [9.17, 15) is 22.8 Å². The Bertz CT molecular complexity index is 742. The van der Waals surface area contributed by atoms with Crippen molar-refractivity contribution in [3.05, 3.63) is 53.4 Å². The highest BCUT2D eigenvalue weighted by Gasteiger charge is 2.36. The number of benzene rings is 1. The Morgan fingerprint density at radius 2 is 1.96 bits per heavy atom. The molecule has 1 atom stereocenters. The molecule has 0 unspecified atom stereocenters. The molecule has 2 heterocycles. The third-order valence-electron chi connectivity index (χ3n) is 3.68. The summed E-state index contributed by atoms with van der Waals surface area (Å²) in [6.07, 6.45) is -3.24. The van der Waals surface area contributed by atoms with Crippen LogP contribution in [0.15, 0.2) is 41.1 Å². The number of hydrogen-bond acceptors (Lipinski definition) is 4. The second-order valence-corrected chi connectivity index (χ2v) is 5.20. The molecule has 9 heteroatoms. The molecule has 126 valence electrons. The monoisotopic (exact) mass is 339 g/mol. The molecular formula is C15H12F3N3O3. The molecule has 24 heavy (non-hydrogen) atoms. The number of piperazine rings is 1. The van der Waals surface area contributed by atoms with Crippen LogP contribution in [-0.2, 0) is 11.0 Å². The SMILES string of the molecule is O=C1NCCN(C(=O)c2ccon2)[C@@H]1c1ccc(C(F)(F)F)cc1. The topological polar surface area (TPSA) is 75.4 Å². The average molecular weight is 339 g/mol. The summed E-state index contributed by atoms with van der Waals surface area (Å²) in [6, 6.07) is 4.50. The number of halogens is 3. The third-order valence-corrected chi connectivity index (χ3v) is 3.68. The number of alkyl halides is 3. The minimum Gasteiger partial charge on any atom is -0.364 e. The van der Waals surface area contributed by atoms with Crippen LogP contribution < -0.4 is 5.32 Å². The molecule has 0 saturated carbocycles. The molecule has 0 aliphatic carbocycles. The number of aromatic nitrogens is 1. The molecular weight excluding hydrogens is 327 g/mol. The predicted molar refractivity (Wildman–Crippen MR) is 74.7 cm³/mol. The number of rotatable bonds is 2. The summed E-state index contributed by atoms with van der Waals surface area (Å²) in [5.74, 6) is -0.985. The van der Waals surface area contributed by atoms with Crippen molar-refractivity contribution in [3.8, 4) is 0 Å². The molecule has 1 aliphatic heterocycles. The maximum Gasteiger partial charge on any atom is 0.416 e. The van der Waals surface area contributed by atoms with Crippen LogP contribution in [0.5, 0.6) is 0 Å². The van der Waals surface area contributed by atoms with Crippen molar-refractivity contribution in [2.24, 2.45) is 0 Å². The van der Waals surface area contributed by atoms with Crippen LogP contribution >= 0.6 is 0 Å². The number of nitrogens with one attached hydrogen (secondary N) is 1. The van der Waals surface area contributed by atoms with Gasteiger partial charge in [0.2, 0.25) is 5.91 Å². The van der Waals surface area contributed by atoms with Gasteiger partial charge in [0.1, 0.15) is 12.3 Å². The van der Waals surface area contributed by atoms with Crippen molar-refractivity contribution in [2.45, 2.75) is 12.2 Å². The second kappa shape index (κ2) is 5.99. The molecule has 0 radical (unpaired) electrons. The van der Waals surface area contributed by atoms with Gasteiger partial charge in [-0.15, -0.1) is 0 Å². The number of nitrogens with zero attached hydrogens (tertiary/aromatic N) is 2. The number of amides is 2. The minimum absolute atomic E-state index is 0.0293. The smallest absolute Gasteiger partial charge is 0.364 e. The summed E-state index contributed by atoms with van der Waals surface area (Å²) >= 11 is 0. The molecule has 1 N–H and O–H groups in total. The Morgan fingerprint density at radius 1 is 1.25 bits per heavy atom. The van der Waals surface area contributed by atoms with Crippen molar-refractivity contribution >= 4 is 11.8 Å².